The van der Waals surface area contributed by atoms with Gasteiger partial charge in [-0.25, -0.2) is 0 Å². The number of aromatic nitrogens is 2. The first-order valence-electron chi connectivity index (χ1n) is 10.1. The molecule has 150 valence electrons. The average molecular weight is 383 g/mol. The number of piperazine rings is 1. The number of nitrogens with zero attached hydrogens (tertiary/aromatic N) is 4. The summed E-state index contributed by atoms with van der Waals surface area (Å²) in [6, 6.07) is 10.5. The first kappa shape index (κ1) is 18.8. The molecule has 0 unspecified atom stereocenters. The van der Waals surface area contributed by atoms with E-state index in [1.54, 1.807) is 7.11 Å². The number of methoxy groups -OCH3 is 1. The third-order valence-corrected chi connectivity index (χ3v) is 5.87. The molecule has 7 nitrogen and oxygen atoms in total. The monoisotopic (exact) mass is 383 g/mol. The van der Waals surface area contributed by atoms with Gasteiger partial charge < -0.3 is 14.5 Å². The van der Waals surface area contributed by atoms with E-state index in [0.29, 0.717) is 11.7 Å². The molecule has 2 aliphatic rings. The minimum absolute atomic E-state index is 0.0432. The number of aryl methyl sites for hydroxylation is 1. The number of piperidine rings is 1. The van der Waals surface area contributed by atoms with Crippen molar-refractivity contribution in [3.63, 3.8) is 0 Å². The smallest absolute Gasteiger partial charge is 0.274 e. The summed E-state index contributed by atoms with van der Waals surface area (Å²) in [5.41, 5.74) is 2.61. The Kier molecular flexibility index (Phi) is 5.52. The Bertz CT molecular complexity index is 813. The summed E-state index contributed by atoms with van der Waals surface area (Å²) in [4.78, 5) is 19.7. The highest BCUT2D eigenvalue weighted by Crippen LogP contribution is 2.29. The van der Waals surface area contributed by atoms with Crippen molar-refractivity contribution in [2.24, 2.45) is 0 Å². The molecule has 2 fully saturated rings. The molecule has 28 heavy (non-hydrogen) atoms. The Morgan fingerprint density at radius 3 is 2.68 bits per heavy atom. The Morgan fingerprint density at radius 1 is 1.18 bits per heavy atom. The zero-order valence-electron chi connectivity index (χ0n) is 16.7. The third-order valence-electron chi connectivity index (χ3n) is 5.87. The van der Waals surface area contributed by atoms with Crippen LogP contribution in [0.15, 0.2) is 30.3 Å². The van der Waals surface area contributed by atoms with Crippen molar-refractivity contribution in [3.05, 3.63) is 41.7 Å². The van der Waals surface area contributed by atoms with Crippen LogP contribution in [0.2, 0.25) is 0 Å². The van der Waals surface area contributed by atoms with Crippen LogP contribution in [0.5, 0.6) is 5.75 Å². The predicted molar refractivity (Wildman–Crippen MR) is 109 cm³/mol. The Hall–Kier alpha value is -2.54. The maximum Gasteiger partial charge on any atom is 0.274 e. The number of hydrogen-bond acceptors (Lipinski definition) is 5. The number of H-pyrrole nitrogens is 1. The van der Waals surface area contributed by atoms with Gasteiger partial charge in [0, 0.05) is 51.0 Å². The average Bonchev–Trinajstić information content (AvgIpc) is 3.19. The van der Waals surface area contributed by atoms with Crippen LogP contribution in [-0.4, -0.2) is 78.3 Å². The number of carbonyl (C=O) groups is 1. The second kappa shape index (κ2) is 8.22. The molecule has 1 N–H and O–H groups in total. The molecule has 0 aliphatic carbocycles. The first-order valence-corrected chi connectivity index (χ1v) is 10.1. The highest BCUT2D eigenvalue weighted by molar-refractivity contribution is 5.92. The molecule has 3 heterocycles. The van der Waals surface area contributed by atoms with Gasteiger partial charge >= 0.3 is 0 Å². The molecule has 1 aromatic heterocycles. The minimum Gasteiger partial charge on any atom is -0.495 e. The number of rotatable bonds is 4. The van der Waals surface area contributed by atoms with E-state index in [-0.39, 0.29) is 5.91 Å². The summed E-state index contributed by atoms with van der Waals surface area (Å²) in [5.74, 6) is 0.974. The predicted octanol–water partition coefficient (Wildman–Crippen LogP) is 2.15. The summed E-state index contributed by atoms with van der Waals surface area (Å²) < 4.78 is 5.52. The van der Waals surface area contributed by atoms with Crippen molar-refractivity contribution in [2.45, 2.75) is 25.8 Å². The highest BCUT2D eigenvalue weighted by atomic mass is 16.5. The van der Waals surface area contributed by atoms with Gasteiger partial charge in [0.25, 0.3) is 5.91 Å². The van der Waals surface area contributed by atoms with E-state index in [0.717, 1.165) is 63.6 Å². The van der Waals surface area contributed by atoms with Gasteiger partial charge in [0.1, 0.15) is 11.4 Å². The third kappa shape index (κ3) is 3.85. The molecular formula is C21H29N5O2. The van der Waals surface area contributed by atoms with E-state index in [9.17, 15) is 4.79 Å². The Morgan fingerprint density at radius 2 is 1.96 bits per heavy atom. The van der Waals surface area contributed by atoms with Crippen molar-refractivity contribution < 1.29 is 9.53 Å². The zero-order chi connectivity index (χ0) is 19.5. The second-order valence-corrected chi connectivity index (χ2v) is 7.68. The van der Waals surface area contributed by atoms with Gasteiger partial charge in [-0.15, -0.1) is 0 Å². The lowest BCUT2D eigenvalue weighted by Gasteiger charge is -2.44. The lowest BCUT2D eigenvalue weighted by molar-refractivity contribution is 0.0558. The molecule has 1 atom stereocenters. The minimum atomic E-state index is 0.0432. The van der Waals surface area contributed by atoms with Gasteiger partial charge in [-0.1, -0.05) is 12.1 Å². The largest absolute Gasteiger partial charge is 0.495 e. The number of benzene rings is 1. The van der Waals surface area contributed by atoms with Crippen LogP contribution in [0.25, 0.3) is 0 Å². The van der Waals surface area contributed by atoms with E-state index in [1.165, 1.54) is 5.69 Å². The summed E-state index contributed by atoms with van der Waals surface area (Å²) >= 11 is 0. The molecule has 0 saturated carbocycles. The van der Waals surface area contributed by atoms with Crippen molar-refractivity contribution in [2.75, 3.05) is 51.3 Å². The van der Waals surface area contributed by atoms with Crippen LogP contribution < -0.4 is 9.64 Å². The number of anilines is 1. The van der Waals surface area contributed by atoms with Gasteiger partial charge in [0.15, 0.2) is 0 Å². The van der Waals surface area contributed by atoms with Gasteiger partial charge in [0.2, 0.25) is 0 Å². The van der Waals surface area contributed by atoms with Crippen LogP contribution in [0.1, 0.15) is 29.0 Å². The fourth-order valence-corrected chi connectivity index (χ4v) is 4.35. The fraction of sp³-hybridized carbons (Fsp3) is 0.524. The van der Waals surface area contributed by atoms with E-state index in [1.807, 2.05) is 30.0 Å². The van der Waals surface area contributed by atoms with Crippen LogP contribution in [-0.2, 0) is 0 Å². The van der Waals surface area contributed by atoms with Gasteiger partial charge in [-0.05, 0) is 38.0 Å². The topological polar surface area (TPSA) is 64.7 Å². The molecule has 0 bridgehead atoms. The molecule has 7 heteroatoms. The van der Waals surface area contributed by atoms with Gasteiger partial charge in [-0.2, -0.15) is 5.10 Å². The number of likely N-dealkylation sites (tertiary alicyclic amines) is 1. The van der Waals surface area contributed by atoms with Crippen LogP contribution in [0.4, 0.5) is 5.69 Å². The maximum atomic E-state index is 12.8. The molecule has 0 spiro atoms. The number of aromatic amines is 1. The summed E-state index contributed by atoms with van der Waals surface area (Å²) in [7, 11) is 1.73. The van der Waals surface area contributed by atoms with Crippen LogP contribution in [0.3, 0.4) is 0 Å². The van der Waals surface area contributed by atoms with Crippen LogP contribution >= 0.6 is 0 Å². The molecule has 1 aromatic carbocycles. The standard InChI is InChI=1S/C21H29N5O2/c1-16-14-18(23-22-16)21(27)26-9-5-6-17(15-26)24-10-12-25(13-11-24)19-7-3-4-8-20(19)28-2/h3-4,7-8,14,17H,5-6,9-13,15H2,1-2H3,(H,22,23)/t17-/m0/s1. The first-order chi connectivity index (χ1) is 13.7. The van der Waals surface area contributed by atoms with Crippen molar-refractivity contribution in [1.29, 1.82) is 0 Å². The van der Waals surface area contributed by atoms with Crippen molar-refractivity contribution in [3.8, 4) is 5.75 Å². The summed E-state index contributed by atoms with van der Waals surface area (Å²) in [6.45, 7) is 7.50. The van der Waals surface area contributed by atoms with Gasteiger partial charge in [0.05, 0.1) is 12.8 Å². The number of carbonyl (C=O) groups excluding carboxylic acids is 1. The molecular weight excluding hydrogens is 354 g/mol. The second-order valence-electron chi connectivity index (χ2n) is 7.68. The van der Waals surface area contributed by atoms with Crippen molar-refractivity contribution in [1.82, 2.24) is 20.0 Å². The molecule has 2 saturated heterocycles. The fourth-order valence-electron chi connectivity index (χ4n) is 4.35. The lowest BCUT2D eigenvalue weighted by atomic mass is 10.0. The number of nitrogens with one attached hydrogen (secondary N) is 1. The molecule has 1 amide bonds. The quantitative estimate of drug-likeness (QED) is 0.877. The van der Waals surface area contributed by atoms with Crippen molar-refractivity contribution >= 4 is 11.6 Å². The summed E-state index contributed by atoms with van der Waals surface area (Å²) in [6.07, 6.45) is 2.20. The SMILES string of the molecule is COc1ccccc1N1CCN([C@H]2CCCN(C(=O)c3cc(C)[nH]n3)C2)CC1. The molecule has 2 aliphatic heterocycles. The molecule has 0 radical (unpaired) electrons. The van der Waals surface area contributed by atoms with E-state index >= 15 is 0 Å². The normalized spacial score (nSPS) is 21.0. The van der Waals surface area contributed by atoms with E-state index in [4.69, 9.17) is 4.74 Å². The number of ether oxygens (including phenoxy) is 1. The number of hydrogen-bond donors (Lipinski definition) is 1. The lowest BCUT2D eigenvalue weighted by Crippen LogP contribution is -2.56. The molecule has 2 aromatic rings. The zero-order valence-corrected chi connectivity index (χ0v) is 16.7. The number of para-hydroxylation sites is 2. The Balaban J connectivity index is 1.36. The van der Waals surface area contributed by atoms with E-state index < -0.39 is 0 Å². The van der Waals surface area contributed by atoms with Crippen LogP contribution in [0, 0.1) is 6.92 Å². The Labute approximate surface area is 166 Å². The summed E-state index contributed by atoms with van der Waals surface area (Å²) in [5, 5.41) is 7.01. The number of amides is 1. The molecule has 4 rings (SSSR count). The highest BCUT2D eigenvalue weighted by Gasteiger charge is 2.31. The van der Waals surface area contributed by atoms with Gasteiger partial charge in [-0.3, -0.25) is 14.8 Å². The maximum absolute atomic E-state index is 12.8. The van der Waals surface area contributed by atoms with E-state index in [2.05, 4.69) is 32.1 Å².